The molecule has 18 heavy (non-hydrogen) atoms. The van der Waals surface area contributed by atoms with Crippen LogP contribution in [-0.4, -0.2) is 49.5 Å². The number of rotatable bonds is 6. The Hall–Kier alpha value is -1.12. The van der Waals surface area contributed by atoms with Crippen LogP contribution in [-0.2, 0) is 15.9 Å². The zero-order valence-electron chi connectivity index (χ0n) is 9.77. The smallest absolute Gasteiger partial charge is 0.261 e. The largest absolute Gasteiger partial charge is 0.375 e. The summed E-state index contributed by atoms with van der Waals surface area (Å²) in [5.41, 5.74) is 0. The van der Waals surface area contributed by atoms with Crippen LogP contribution < -0.4 is 5.32 Å². The van der Waals surface area contributed by atoms with Crippen molar-refractivity contribution in [1.29, 1.82) is 0 Å². The van der Waals surface area contributed by atoms with Crippen molar-refractivity contribution in [3.8, 4) is 0 Å². The Morgan fingerprint density at radius 1 is 1.50 bits per heavy atom. The van der Waals surface area contributed by atoms with Crippen LogP contribution >= 0.6 is 0 Å². The van der Waals surface area contributed by atoms with E-state index in [1.54, 1.807) is 0 Å². The number of nitrogens with one attached hydrogen (secondary N) is 1. The fraction of sp³-hybridized carbons (Fsp3) is 0.800. The normalized spacial score (nSPS) is 20.5. The fourth-order valence-electron chi connectivity index (χ4n) is 1.56. The van der Waals surface area contributed by atoms with Gasteiger partial charge in [0.15, 0.2) is 5.82 Å². The summed E-state index contributed by atoms with van der Waals surface area (Å²) >= 11 is 0. The highest BCUT2D eigenvalue weighted by Gasteiger charge is 2.21. The molecule has 0 aromatic carbocycles. The summed E-state index contributed by atoms with van der Waals surface area (Å²) in [6.45, 7) is 1.61. The molecule has 1 saturated heterocycles. The lowest BCUT2D eigenvalue weighted by Crippen LogP contribution is -2.33. The van der Waals surface area contributed by atoms with Crippen LogP contribution in [0.15, 0.2) is 4.52 Å². The van der Waals surface area contributed by atoms with Crippen molar-refractivity contribution in [2.24, 2.45) is 0 Å². The molecule has 2 rings (SSSR count). The maximum absolute atomic E-state index is 11.8. The molecule has 102 valence electrons. The molecule has 1 atom stereocenters. The number of alkyl halides is 2. The van der Waals surface area contributed by atoms with Crippen LogP contribution in [0.4, 0.5) is 8.78 Å². The van der Waals surface area contributed by atoms with Crippen LogP contribution in [0, 0.1) is 0 Å². The molecule has 0 spiro atoms. The second-order valence-corrected chi connectivity index (χ2v) is 3.83. The van der Waals surface area contributed by atoms with Crippen LogP contribution in [0.2, 0.25) is 0 Å². The second kappa shape index (κ2) is 6.72. The number of halogens is 2. The summed E-state index contributed by atoms with van der Waals surface area (Å²) < 4.78 is 38.9. The number of aromatic nitrogens is 2. The predicted octanol–water partition coefficient (Wildman–Crippen LogP) is 0.555. The SMILES string of the molecule is FC(F)COCCc1noc(C2CNCCO2)n1. The maximum Gasteiger partial charge on any atom is 0.261 e. The highest BCUT2D eigenvalue weighted by atomic mass is 19.3. The highest BCUT2D eigenvalue weighted by Crippen LogP contribution is 2.16. The summed E-state index contributed by atoms with van der Waals surface area (Å²) in [4.78, 5) is 4.14. The predicted molar refractivity (Wildman–Crippen MR) is 56.4 cm³/mol. The van der Waals surface area contributed by atoms with Crippen molar-refractivity contribution in [2.45, 2.75) is 19.0 Å². The van der Waals surface area contributed by atoms with E-state index in [2.05, 4.69) is 15.5 Å². The van der Waals surface area contributed by atoms with Crippen LogP contribution in [0.3, 0.4) is 0 Å². The lowest BCUT2D eigenvalue weighted by Gasteiger charge is -2.19. The standard InChI is InChI=1S/C10H15F2N3O3/c11-8(12)6-16-3-1-9-14-10(18-15-9)7-5-13-2-4-17-7/h7-8,13H,1-6H2. The molecule has 1 aromatic rings. The van der Waals surface area contributed by atoms with Gasteiger partial charge in [0.1, 0.15) is 12.7 Å². The van der Waals surface area contributed by atoms with E-state index in [9.17, 15) is 8.78 Å². The molecule has 1 unspecified atom stereocenters. The first-order valence-corrected chi connectivity index (χ1v) is 5.76. The second-order valence-electron chi connectivity index (χ2n) is 3.83. The van der Waals surface area contributed by atoms with E-state index in [-0.39, 0.29) is 12.7 Å². The number of nitrogens with zero attached hydrogens (tertiary/aromatic N) is 2. The lowest BCUT2D eigenvalue weighted by atomic mass is 10.3. The van der Waals surface area contributed by atoms with Gasteiger partial charge in [-0.15, -0.1) is 0 Å². The zero-order valence-corrected chi connectivity index (χ0v) is 9.77. The Balaban J connectivity index is 1.75. The van der Waals surface area contributed by atoms with Crippen LogP contribution in [0.25, 0.3) is 0 Å². The third-order valence-corrected chi connectivity index (χ3v) is 2.40. The van der Waals surface area contributed by atoms with E-state index in [1.807, 2.05) is 0 Å². The van der Waals surface area contributed by atoms with Crippen molar-refractivity contribution in [3.63, 3.8) is 0 Å². The molecule has 1 fully saturated rings. The van der Waals surface area contributed by atoms with Crippen LogP contribution in [0.5, 0.6) is 0 Å². The molecule has 0 amide bonds. The number of morpholine rings is 1. The van der Waals surface area contributed by atoms with Gasteiger partial charge in [-0.3, -0.25) is 0 Å². The molecule has 1 N–H and O–H groups in total. The minimum atomic E-state index is -2.45. The molecule has 1 aliphatic heterocycles. The Morgan fingerprint density at radius 3 is 3.11 bits per heavy atom. The average Bonchev–Trinajstić information content (AvgIpc) is 2.84. The molecule has 1 aliphatic rings. The van der Waals surface area contributed by atoms with E-state index in [4.69, 9.17) is 14.0 Å². The number of hydrogen-bond donors (Lipinski definition) is 1. The quantitative estimate of drug-likeness (QED) is 0.756. The van der Waals surface area contributed by atoms with Gasteiger partial charge in [0.25, 0.3) is 12.3 Å². The van der Waals surface area contributed by atoms with Gasteiger partial charge in [0, 0.05) is 19.5 Å². The first-order valence-electron chi connectivity index (χ1n) is 5.76. The van der Waals surface area contributed by atoms with Gasteiger partial charge >= 0.3 is 0 Å². The molecular weight excluding hydrogens is 248 g/mol. The summed E-state index contributed by atoms with van der Waals surface area (Å²) in [6.07, 6.45) is -2.34. The number of ether oxygens (including phenoxy) is 2. The zero-order chi connectivity index (χ0) is 12.8. The van der Waals surface area contributed by atoms with E-state index in [0.29, 0.717) is 31.3 Å². The summed E-state index contributed by atoms with van der Waals surface area (Å²) in [6, 6.07) is 0. The van der Waals surface area contributed by atoms with Crippen molar-refractivity contribution in [3.05, 3.63) is 11.7 Å². The van der Waals surface area contributed by atoms with E-state index in [1.165, 1.54) is 0 Å². The van der Waals surface area contributed by atoms with Gasteiger partial charge in [-0.1, -0.05) is 5.16 Å². The Labute approximate surface area is 103 Å². The maximum atomic E-state index is 11.8. The minimum Gasteiger partial charge on any atom is -0.375 e. The van der Waals surface area contributed by atoms with Crippen molar-refractivity contribution in [1.82, 2.24) is 15.5 Å². The third kappa shape index (κ3) is 3.97. The first kappa shape index (κ1) is 13.3. The Kier molecular flexibility index (Phi) is 4.97. The third-order valence-electron chi connectivity index (χ3n) is 2.40. The highest BCUT2D eigenvalue weighted by molar-refractivity contribution is 4.92. The molecule has 2 heterocycles. The summed E-state index contributed by atoms with van der Waals surface area (Å²) in [5, 5.41) is 6.89. The van der Waals surface area contributed by atoms with Gasteiger partial charge in [-0.2, -0.15) is 4.98 Å². The van der Waals surface area contributed by atoms with Gasteiger partial charge in [0.05, 0.1) is 13.2 Å². The van der Waals surface area contributed by atoms with E-state index in [0.717, 1.165) is 6.54 Å². The summed E-state index contributed by atoms with van der Waals surface area (Å²) in [5.74, 6) is 0.847. The van der Waals surface area contributed by atoms with Crippen LogP contribution in [0.1, 0.15) is 17.8 Å². The minimum absolute atomic E-state index is 0.146. The Bertz CT molecular complexity index is 356. The Morgan fingerprint density at radius 2 is 2.39 bits per heavy atom. The van der Waals surface area contributed by atoms with Gasteiger partial charge in [-0.05, 0) is 0 Å². The van der Waals surface area contributed by atoms with Crippen molar-refractivity contribution in [2.75, 3.05) is 32.9 Å². The fourth-order valence-corrected chi connectivity index (χ4v) is 1.56. The molecule has 1 aromatic heterocycles. The molecule has 0 bridgehead atoms. The van der Waals surface area contributed by atoms with E-state index < -0.39 is 13.0 Å². The topological polar surface area (TPSA) is 69.4 Å². The number of hydrogen-bond acceptors (Lipinski definition) is 6. The average molecular weight is 263 g/mol. The lowest BCUT2D eigenvalue weighted by molar-refractivity contribution is 0.00754. The van der Waals surface area contributed by atoms with Crippen molar-refractivity contribution >= 4 is 0 Å². The van der Waals surface area contributed by atoms with Gasteiger partial charge in [0.2, 0.25) is 0 Å². The first-order chi connectivity index (χ1) is 8.75. The summed E-state index contributed by atoms with van der Waals surface area (Å²) in [7, 11) is 0. The molecule has 0 aliphatic carbocycles. The molecule has 0 saturated carbocycles. The van der Waals surface area contributed by atoms with Gasteiger partial charge in [-0.25, -0.2) is 8.78 Å². The van der Waals surface area contributed by atoms with Crippen molar-refractivity contribution < 1.29 is 22.8 Å². The monoisotopic (exact) mass is 263 g/mol. The molecular formula is C10H15F2N3O3. The van der Waals surface area contributed by atoms with Gasteiger partial charge < -0.3 is 19.3 Å². The molecule has 6 nitrogen and oxygen atoms in total. The van der Waals surface area contributed by atoms with E-state index >= 15 is 0 Å². The molecule has 8 heteroatoms. The molecule has 0 radical (unpaired) electrons.